The van der Waals surface area contributed by atoms with Crippen molar-refractivity contribution in [1.29, 1.82) is 0 Å². The third-order valence-electron chi connectivity index (χ3n) is 3.17. The Hall–Kier alpha value is -1.99. The van der Waals surface area contributed by atoms with Crippen molar-refractivity contribution in [2.24, 2.45) is 21.0 Å². The van der Waals surface area contributed by atoms with E-state index < -0.39 is 0 Å². The molecule has 124 valence electrons. The van der Waals surface area contributed by atoms with Gasteiger partial charge in [0.25, 0.3) is 0 Å². The van der Waals surface area contributed by atoms with Crippen LogP contribution in [0.3, 0.4) is 0 Å². The molecule has 0 aromatic heterocycles. The van der Waals surface area contributed by atoms with E-state index in [1.807, 2.05) is 62.4 Å². The van der Waals surface area contributed by atoms with E-state index in [1.165, 1.54) is 0 Å². The molecule has 0 saturated heterocycles. The van der Waals surface area contributed by atoms with E-state index in [0.29, 0.717) is 0 Å². The van der Waals surface area contributed by atoms with E-state index in [4.69, 9.17) is 5.73 Å². The van der Waals surface area contributed by atoms with Gasteiger partial charge in [-0.2, -0.15) is 10.2 Å². The predicted molar refractivity (Wildman–Crippen MR) is 107 cm³/mol. The molecule has 3 N–H and O–H groups in total. The average Bonchev–Trinajstić information content (AvgIpc) is 2.58. The van der Waals surface area contributed by atoms with Gasteiger partial charge in [-0.15, -0.1) is 5.10 Å². The molecule has 2 aromatic carbocycles. The number of hydrazone groups is 1. The molecule has 0 fully saturated rings. The van der Waals surface area contributed by atoms with Crippen LogP contribution in [-0.2, 0) is 0 Å². The highest BCUT2D eigenvalue weighted by molar-refractivity contribution is 9.10. The minimum atomic E-state index is 0.128. The zero-order chi connectivity index (χ0) is 17.5. The van der Waals surface area contributed by atoms with Crippen LogP contribution in [0.5, 0.6) is 0 Å². The minimum Gasteiger partial charge on any atom is -0.367 e. The van der Waals surface area contributed by atoms with Gasteiger partial charge in [-0.1, -0.05) is 56.1 Å². The van der Waals surface area contributed by atoms with Crippen LogP contribution < -0.4 is 11.2 Å². The van der Waals surface area contributed by atoms with Crippen LogP contribution in [-0.4, -0.2) is 17.4 Å². The molecular formula is C17H17Br2N5. The van der Waals surface area contributed by atoms with E-state index >= 15 is 0 Å². The van der Waals surface area contributed by atoms with E-state index in [0.717, 1.165) is 31.5 Å². The fourth-order valence-corrected chi connectivity index (χ4v) is 2.33. The lowest BCUT2D eigenvalue weighted by Crippen LogP contribution is -2.27. The van der Waals surface area contributed by atoms with Crippen molar-refractivity contribution in [3.05, 3.63) is 68.6 Å². The van der Waals surface area contributed by atoms with Gasteiger partial charge in [0.15, 0.2) is 0 Å². The summed E-state index contributed by atoms with van der Waals surface area (Å²) in [5, 5.41) is 12.3. The zero-order valence-electron chi connectivity index (χ0n) is 13.3. The number of rotatable bonds is 4. The molecule has 0 radical (unpaired) electrons. The molecule has 5 nitrogen and oxygen atoms in total. The van der Waals surface area contributed by atoms with Crippen molar-refractivity contribution in [3.63, 3.8) is 0 Å². The van der Waals surface area contributed by atoms with Gasteiger partial charge >= 0.3 is 0 Å². The quantitative estimate of drug-likeness (QED) is 0.414. The van der Waals surface area contributed by atoms with E-state index in [-0.39, 0.29) is 5.96 Å². The van der Waals surface area contributed by atoms with Crippen LogP contribution in [0.15, 0.2) is 72.8 Å². The zero-order valence-corrected chi connectivity index (χ0v) is 16.5. The normalized spacial score (nSPS) is 13.1. The largest absolute Gasteiger partial charge is 0.367 e. The molecule has 7 heteroatoms. The molecule has 0 aliphatic carbocycles. The summed E-state index contributed by atoms with van der Waals surface area (Å²) in [4.78, 5) is 0. The molecule has 0 amide bonds. The third-order valence-corrected chi connectivity index (χ3v) is 4.23. The smallest absolute Gasteiger partial charge is 0.234 e. The van der Waals surface area contributed by atoms with Crippen LogP contribution in [0.4, 0.5) is 0 Å². The molecule has 0 heterocycles. The average molecular weight is 451 g/mol. The van der Waals surface area contributed by atoms with Gasteiger partial charge in [0.2, 0.25) is 5.96 Å². The summed E-state index contributed by atoms with van der Waals surface area (Å²) < 4.78 is 2.03. The lowest BCUT2D eigenvalue weighted by Gasteiger charge is -2.03. The number of hydrogen-bond acceptors (Lipinski definition) is 3. The highest BCUT2D eigenvalue weighted by atomic mass is 79.9. The van der Waals surface area contributed by atoms with Crippen LogP contribution in [0.25, 0.3) is 0 Å². The summed E-state index contributed by atoms with van der Waals surface area (Å²) >= 11 is 6.80. The maximum absolute atomic E-state index is 5.78. The third kappa shape index (κ3) is 5.58. The molecule has 0 atom stereocenters. The molecule has 0 saturated carbocycles. The lowest BCUT2D eigenvalue weighted by atomic mass is 10.1. The van der Waals surface area contributed by atoms with Crippen molar-refractivity contribution >= 4 is 49.2 Å². The number of nitrogens with zero attached hydrogens (tertiary/aromatic N) is 3. The molecule has 2 rings (SSSR count). The van der Waals surface area contributed by atoms with Gasteiger partial charge < -0.3 is 5.73 Å². The molecular weight excluding hydrogens is 434 g/mol. The number of guanidine groups is 1. The van der Waals surface area contributed by atoms with Crippen molar-refractivity contribution < 1.29 is 0 Å². The SMILES string of the molecule is C/C(=N\N=C(N)N/N=C(\C)c1ccc(Br)cc1)c1ccc(Br)cc1. The van der Waals surface area contributed by atoms with Gasteiger partial charge in [0.05, 0.1) is 11.4 Å². The van der Waals surface area contributed by atoms with Gasteiger partial charge in [-0.25, -0.2) is 5.43 Å². The molecule has 24 heavy (non-hydrogen) atoms. The highest BCUT2D eigenvalue weighted by Gasteiger charge is 1.99. The van der Waals surface area contributed by atoms with Crippen molar-refractivity contribution in [1.82, 2.24) is 5.43 Å². The van der Waals surface area contributed by atoms with Gasteiger partial charge in [0, 0.05) is 8.95 Å². The number of benzene rings is 2. The first-order chi connectivity index (χ1) is 11.5. The first kappa shape index (κ1) is 18.4. The van der Waals surface area contributed by atoms with Crippen molar-refractivity contribution in [2.75, 3.05) is 0 Å². The van der Waals surface area contributed by atoms with Crippen LogP contribution in [0, 0.1) is 0 Å². The van der Waals surface area contributed by atoms with E-state index in [1.54, 1.807) is 0 Å². The van der Waals surface area contributed by atoms with E-state index in [2.05, 4.69) is 52.6 Å². The summed E-state index contributed by atoms with van der Waals surface area (Å²) in [5.74, 6) is 0.128. The predicted octanol–water partition coefficient (Wildman–Crippen LogP) is 4.26. The summed E-state index contributed by atoms with van der Waals surface area (Å²) in [7, 11) is 0. The fourth-order valence-electron chi connectivity index (χ4n) is 1.80. The summed E-state index contributed by atoms with van der Waals surface area (Å²) in [6, 6.07) is 15.7. The second-order valence-corrected chi connectivity index (χ2v) is 6.82. The van der Waals surface area contributed by atoms with Gasteiger partial charge in [-0.05, 0) is 49.2 Å². The first-order valence-electron chi connectivity index (χ1n) is 7.15. The summed E-state index contributed by atoms with van der Waals surface area (Å²) in [6.45, 7) is 3.76. The summed E-state index contributed by atoms with van der Waals surface area (Å²) in [5.41, 5.74) is 12.0. The van der Waals surface area contributed by atoms with Crippen LogP contribution in [0.2, 0.25) is 0 Å². The van der Waals surface area contributed by atoms with E-state index in [9.17, 15) is 0 Å². The van der Waals surface area contributed by atoms with Gasteiger partial charge in [0.1, 0.15) is 0 Å². The van der Waals surface area contributed by atoms with Crippen LogP contribution >= 0.6 is 31.9 Å². The maximum atomic E-state index is 5.78. The first-order valence-corrected chi connectivity index (χ1v) is 8.74. The Morgan fingerprint density at radius 2 is 1.25 bits per heavy atom. The Morgan fingerprint density at radius 3 is 1.75 bits per heavy atom. The second kappa shape index (κ2) is 8.75. The Bertz CT molecular complexity index is 778. The fraction of sp³-hybridized carbons (Fsp3) is 0.118. The second-order valence-electron chi connectivity index (χ2n) is 4.99. The Kier molecular flexibility index (Phi) is 6.69. The number of hydrogen-bond donors (Lipinski definition) is 2. The Morgan fingerprint density at radius 1 is 0.792 bits per heavy atom. The summed E-state index contributed by atoms with van der Waals surface area (Å²) in [6.07, 6.45) is 0. The topological polar surface area (TPSA) is 75.1 Å². The molecule has 2 aromatic rings. The minimum absolute atomic E-state index is 0.128. The Balaban J connectivity index is 2.02. The highest BCUT2D eigenvalue weighted by Crippen LogP contribution is 2.12. The number of nitrogens with two attached hydrogens (primary N) is 1. The maximum Gasteiger partial charge on any atom is 0.234 e. The molecule has 0 unspecified atom stereocenters. The molecule has 0 spiro atoms. The van der Waals surface area contributed by atoms with Crippen molar-refractivity contribution in [2.45, 2.75) is 13.8 Å². The molecule has 0 aliphatic heterocycles. The Labute approximate surface area is 158 Å². The standard InChI is InChI=1S/C17H17Br2N5/c1-11(13-3-7-15(18)8-4-13)21-23-17(20)24-22-12(2)14-5-9-16(19)10-6-14/h3-10H,1-2H3,(H3,20,23,24)/b21-11+,22-12+. The van der Waals surface area contributed by atoms with Crippen molar-refractivity contribution in [3.8, 4) is 0 Å². The number of halogens is 2. The molecule has 0 bridgehead atoms. The molecule has 0 aliphatic rings. The van der Waals surface area contributed by atoms with Crippen LogP contribution in [0.1, 0.15) is 25.0 Å². The lowest BCUT2D eigenvalue weighted by molar-refractivity contribution is 0.983. The number of nitrogens with one attached hydrogen (secondary N) is 1. The van der Waals surface area contributed by atoms with Gasteiger partial charge in [-0.3, -0.25) is 0 Å². The monoisotopic (exact) mass is 449 g/mol.